The fraction of sp³-hybridized carbons (Fsp3) is 0.647. The van der Waals surface area contributed by atoms with Crippen molar-refractivity contribution in [1.82, 2.24) is 4.90 Å². The van der Waals surface area contributed by atoms with Crippen LogP contribution in [0.1, 0.15) is 65.2 Å². The van der Waals surface area contributed by atoms with Gasteiger partial charge in [-0.1, -0.05) is 39.0 Å². The molecule has 1 heteroatoms. The van der Waals surface area contributed by atoms with Crippen molar-refractivity contribution in [3.05, 3.63) is 34.9 Å². The molecule has 18 heavy (non-hydrogen) atoms. The first-order chi connectivity index (χ1) is 7.99. The maximum absolute atomic E-state index is 2.48. The molecule has 1 aromatic carbocycles. The van der Waals surface area contributed by atoms with Gasteiger partial charge in [0.05, 0.1) is 0 Å². The Hall–Kier alpha value is -0.820. The Balaban J connectivity index is 2.66. The molecular weight excluding hydrogens is 218 g/mol. The zero-order valence-electron chi connectivity index (χ0n) is 13.2. The van der Waals surface area contributed by atoms with E-state index in [2.05, 4.69) is 78.6 Å². The van der Waals surface area contributed by atoms with E-state index in [0.29, 0.717) is 0 Å². The van der Waals surface area contributed by atoms with Crippen LogP contribution in [0.2, 0.25) is 0 Å². The van der Waals surface area contributed by atoms with Crippen molar-refractivity contribution in [1.29, 1.82) is 0 Å². The van der Waals surface area contributed by atoms with Gasteiger partial charge in [-0.3, -0.25) is 4.90 Å². The summed E-state index contributed by atoms with van der Waals surface area (Å²) in [6, 6.07) is 7.05. The summed E-state index contributed by atoms with van der Waals surface area (Å²) < 4.78 is 0. The molecule has 100 valence electrons. The lowest BCUT2D eigenvalue weighted by Gasteiger charge is -2.37. The first kappa shape index (κ1) is 13.6. The van der Waals surface area contributed by atoms with E-state index >= 15 is 0 Å². The molecule has 0 saturated heterocycles. The molecule has 0 spiro atoms. The SMILES string of the molecule is CN1C(C)(C)c2ccc(C(C)(C)C)cc2C1(C)C. The van der Waals surface area contributed by atoms with Crippen LogP contribution in [-0.4, -0.2) is 11.9 Å². The maximum atomic E-state index is 2.48. The van der Waals surface area contributed by atoms with Gasteiger partial charge < -0.3 is 0 Å². The van der Waals surface area contributed by atoms with Crippen molar-refractivity contribution in [2.75, 3.05) is 7.05 Å². The number of nitrogens with zero attached hydrogens (tertiary/aromatic N) is 1. The highest BCUT2D eigenvalue weighted by Crippen LogP contribution is 2.48. The fourth-order valence-corrected chi connectivity index (χ4v) is 3.11. The normalized spacial score (nSPS) is 22.0. The number of hydrogen-bond acceptors (Lipinski definition) is 1. The predicted molar refractivity (Wildman–Crippen MR) is 79.0 cm³/mol. The van der Waals surface area contributed by atoms with E-state index in [9.17, 15) is 0 Å². The Labute approximate surface area is 112 Å². The topological polar surface area (TPSA) is 3.24 Å². The number of hydrogen-bond donors (Lipinski definition) is 0. The maximum Gasteiger partial charge on any atom is 0.0413 e. The number of fused-ring (bicyclic) bond motifs is 1. The molecule has 0 aliphatic carbocycles. The van der Waals surface area contributed by atoms with Gasteiger partial charge in [0.25, 0.3) is 0 Å². The zero-order chi connectivity index (χ0) is 13.9. The Morgan fingerprint density at radius 1 is 0.889 bits per heavy atom. The molecule has 0 atom stereocenters. The fourth-order valence-electron chi connectivity index (χ4n) is 3.11. The molecule has 0 unspecified atom stereocenters. The zero-order valence-corrected chi connectivity index (χ0v) is 13.2. The molecular formula is C17H27N. The molecule has 0 aromatic heterocycles. The van der Waals surface area contributed by atoms with Crippen molar-refractivity contribution in [3.8, 4) is 0 Å². The van der Waals surface area contributed by atoms with Crippen molar-refractivity contribution >= 4 is 0 Å². The van der Waals surface area contributed by atoms with Gasteiger partial charge in [0.2, 0.25) is 0 Å². The Bertz CT molecular complexity index is 475. The molecule has 0 radical (unpaired) electrons. The van der Waals surface area contributed by atoms with Crippen LogP contribution < -0.4 is 0 Å². The summed E-state index contributed by atoms with van der Waals surface area (Å²) in [5.41, 5.74) is 4.84. The summed E-state index contributed by atoms with van der Waals surface area (Å²) in [5, 5.41) is 0. The van der Waals surface area contributed by atoms with Crippen LogP contribution in [-0.2, 0) is 16.5 Å². The molecule has 0 bridgehead atoms. The molecule has 2 rings (SSSR count). The second-order valence-electron chi connectivity index (χ2n) is 7.69. The minimum atomic E-state index is 0.111. The predicted octanol–water partition coefficient (Wildman–Crippen LogP) is 4.40. The first-order valence-electron chi connectivity index (χ1n) is 6.88. The van der Waals surface area contributed by atoms with E-state index in [0.717, 1.165) is 0 Å². The lowest BCUT2D eigenvalue weighted by atomic mass is 9.81. The van der Waals surface area contributed by atoms with Gasteiger partial charge in [-0.25, -0.2) is 0 Å². The molecule has 0 saturated carbocycles. The molecule has 0 fully saturated rings. The van der Waals surface area contributed by atoms with Crippen LogP contribution in [0.25, 0.3) is 0 Å². The van der Waals surface area contributed by atoms with Crippen LogP contribution >= 0.6 is 0 Å². The molecule has 0 amide bonds. The highest BCUT2D eigenvalue weighted by atomic mass is 15.2. The molecule has 1 heterocycles. The van der Waals surface area contributed by atoms with Gasteiger partial charge in [0.15, 0.2) is 0 Å². The van der Waals surface area contributed by atoms with Crippen molar-refractivity contribution in [3.63, 3.8) is 0 Å². The highest BCUT2D eigenvalue weighted by molar-refractivity contribution is 5.46. The molecule has 1 aliphatic heterocycles. The standard InChI is InChI=1S/C17H27N/c1-15(2,3)12-9-10-13-14(11-12)17(6,7)18(8)16(13,4)5/h9-11H,1-8H3. The quantitative estimate of drug-likeness (QED) is 0.655. The van der Waals surface area contributed by atoms with E-state index in [1.165, 1.54) is 16.7 Å². The van der Waals surface area contributed by atoms with Crippen molar-refractivity contribution in [2.45, 2.75) is 65.0 Å². The van der Waals surface area contributed by atoms with Crippen LogP contribution in [0.5, 0.6) is 0 Å². The second-order valence-corrected chi connectivity index (χ2v) is 7.69. The van der Waals surface area contributed by atoms with Crippen LogP contribution in [0.15, 0.2) is 18.2 Å². The number of rotatable bonds is 0. The number of benzene rings is 1. The summed E-state index contributed by atoms with van der Waals surface area (Å²) in [6.07, 6.45) is 0. The smallest absolute Gasteiger partial charge is 0.0413 e. The van der Waals surface area contributed by atoms with E-state index in [1.807, 2.05) is 0 Å². The summed E-state index contributed by atoms with van der Waals surface area (Å²) in [5.74, 6) is 0. The average Bonchev–Trinajstić information content (AvgIpc) is 2.37. The lowest BCUT2D eigenvalue weighted by Crippen LogP contribution is -2.42. The van der Waals surface area contributed by atoms with Gasteiger partial charge in [-0.05, 0) is 56.8 Å². The Morgan fingerprint density at radius 2 is 1.39 bits per heavy atom. The van der Waals surface area contributed by atoms with Crippen LogP contribution in [0.4, 0.5) is 0 Å². The van der Waals surface area contributed by atoms with Crippen LogP contribution in [0.3, 0.4) is 0 Å². The minimum Gasteiger partial charge on any atom is -0.288 e. The minimum absolute atomic E-state index is 0.111. The summed E-state index contributed by atoms with van der Waals surface area (Å²) in [4.78, 5) is 2.48. The molecule has 1 nitrogen and oxygen atoms in total. The van der Waals surface area contributed by atoms with E-state index < -0.39 is 0 Å². The summed E-state index contributed by atoms with van der Waals surface area (Å²) >= 11 is 0. The first-order valence-corrected chi connectivity index (χ1v) is 6.88. The van der Waals surface area contributed by atoms with Crippen LogP contribution in [0, 0.1) is 0 Å². The van der Waals surface area contributed by atoms with Gasteiger partial charge in [-0.15, -0.1) is 0 Å². The van der Waals surface area contributed by atoms with Gasteiger partial charge in [0.1, 0.15) is 0 Å². The largest absolute Gasteiger partial charge is 0.288 e. The second kappa shape index (κ2) is 3.60. The molecule has 0 N–H and O–H groups in total. The Morgan fingerprint density at radius 3 is 1.89 bits per heavy atom. The van der Waals surface area contributed by atoms with E-state index in [-0.39, 0.29) is 16.5 Å². The average molecular weight is 245 g/mol. The van der Waals surface area contributed by atoms with Crippen molar-refractivity contribution < 1.29 is 0 Å². The lowest BCUT2D eigenvalue weighted by molar-refractivity contribution is 0.0730. The van der Waals surface area contributed by atoms with Gasteiger partial charge in [0, 0.05) is 11.1 Å². The highest BCUT2D eigenvalue weighted by Gasteiger charge is 2.46. The van der Waals surface area contributed by atoms with Gasteiger partial charge >= 0.3 is 0 Å². The third-order valence-electron chi connectivity index (χ3n) is 4.88. The molecule has 1 aromatic rings. The van der Waals surface area contributed by atoms with Gasteiger partial charge in [-0.2, -0.15) is 0 Å². The summed E-state index contributed by atoms with van der Waals surface area (Å²) in [6.45, 7) is 16.1. The third-order valence-corrected chi connectivity index (χ3v) is 4.88. The summed E-state index contributed by atoms with van der Waals surface area (Å²) in [7, 11) is 2.23. The Kier molecular flexibility index (Phi) is 2.72. The van der Waals surface area contributed by atoms with E-state index in [4.69, 9.17) is 0 Å². The third kappa shape index (κ3) is 1.72. The monoisotopic (exact) mass is 245 g/mol. The molecule has 1 aliphatic rings. The van der Waals surface area contributed by atoms with Crippen molar-refractivity contribution in [2.24, 2.45) is 0 Å². The van der Waals surface area contributed by atoms with E-state index in [1.54, 1.807) is 0 Å².